The third-order valence-electron chi connectivity index (χ3n) is 3.46. The number of hydrogen-bond donors (Lipinski definition) is 2. The maximum absolute atomic E-state index is 12.1. The molecule has 1 aromatic heterocycles. The van der Waals surface area contributed by atoms with Gasteiger partial charge in [-0.05, 0) is 42.8 Å². The summed E-state index contributed by atoms with van der Waals surface area (Å²) in [4.78, 5) is 25.9. The number of nitrogens with one attached hydrogen (secondary N) is 1. The van der Waals surface area contributed by atoms with Crippen molar-refractivity contribution in [3.63, 3.8) is 0 Å². The number of fused-ring (bicyclic) bond motifs is 1. The number of thiophene rings is 1. The lowest BCUT2D eigenvalue weighted by Crippen LogP contribution is -2.41. The van der Waals surface area contributed by atoms with Crippen molar-refractivity contribution in [3.05, 3.63) is 21.9 Å². The van der Waals surface area contributed by atoms with Gasteiger partial charge in [-0.15, -0.1) is 11.3 Å². The van der Waals surface area contributed by atoms with Crippen LogP contribution < -0.4 is 11.1 Å². The van der Waals surface area contributed by atoms with Crippen LogP contribution in [0.5, 0.6) is 0 Å². The summed E-state index contributed by atoms with van der Waals surface area (Å²) in [6, 6.07) is 2.11. The molecule has 110 valence electrons. The molecule has 0 aromatic carbocycles. The Kier molecular flexibility index (Phi) is 5.55. The van der Waals surface area contributed by atoms with E-state index in [9.17, 15) is 9.59 Å². The Morgan fingerprint density at radius 2 is 2.25 bits per heavy atom. The lowest BCUT2D eigenvalue weighted by atomic mass is 10.1. The molecule has 2 heterocycles. The van der Waals surface area contributed by atoms with Gasteiger partial charge in [-0.2, -0.15) is 0 Å². The summed E-state index contributed by atoms with van der Waals surface area (Å²) < 4.78 is 0. The molecular weight excluding hydrogens is 274 g/mol. The van der Waals surface area contributed by atoms with Gasteiger partial charge in [0.15, 0.2) is 0 Å². The zero-order valence-electron chi connectivity index (χ0n) is 11.6. The number of nitrogens with zero attached hydrogens (tertiary/aromatic N) is 1. The predicted molar refractivity (Wildman–Crippen MR) is 79.4 cm³/mol. The zero-order valence-corrected chi connectivity index (χ0v) is 12.4. The van der Waals surface area contributed by atoms with Crippen LogP contribution in [0.2, 0.25) is 0 Å². The number of unbranched alkanes of at least 4 members (excludes halogenated alkanes) is 1. The number of hydrogen-bond acceptors (Lipinski definition) is 4. The minimum Gasteiger partial charge on any atom is -0.370 e. The van der Waals surface area contributed by atoms with E-state index in [1.165, 1.54) is 10.4 Å². The molecule has 0 aliphatic carbocycles. The normalized spacial score (nSPS) is 14.1. The second-order valence-electron chi connectivity index (χ2n) is 5.03. The molecule has 0 bridgehead atoms. The number of carbonyl (C=O) groups is 2. The maximum Gasteiger partial charge on any atom is 0.236 e. The highest BCUT2D eigenvalue weighted by molar-refractivity contribution is 7.10. The van der Waals surface area contributed by atoms with Crippen molar-refractivity contribution in [2.24, 2.45) is 5.73 Å². The first-order valence-corrected chi connectivity index (χ1v) is 7.87. The van der Waals surface area contributed by atoms with Crippen molar-refractivity contribution in [1.82, 2.24) is 10.2 Å². The second kappa shape index (κ2) is 7.40. The zero-order chi connectivity index (χ0) is 14.4. The number of carbonyl (C=O) groups excluding carboxylic acids is 2. The van der Waals surface area contributed by atoms with Crippen LogP contribution in [0, 0.1) is 0 Å². The lowest BCUT2D eigenvalue weighted by molar-refractivity contribution is -0.131. The van der Waals surface area contributed by atoms with Crippen molar-refractivity contribution in [2.45, 2.75) is 32.2 Å². The fourth-order valence-electron chi connectivity index (χ4n) is 2.32. The molecule has 1 aliphatic rings. The van der Waals surface area contributed by atoms with Gasteiger partial charge in [0, 0.05) is 24.4 Å². The Hall–Kier alpha value is -1.40. The molecule has 0 atom stereocenters. The SMILES string of the molecule is NC(=O)CCCCNCC(=O)N1CCc2sccc2C1. The van der Waals surface area contributed by atoms with E-state index in [1.54, 1.807) is 11.3 Å². The van der Waals surface area contributed by atoms with Crippen molar-refractivity contribution in [2.75, 3.05) is 19.6 Å². The number of rotatable bonds is 7. The first-order valence-electron chi connectivity index (χ1n) is 6.99. The van der Waals surface area contributed by atoms with Gasteiger partial charge < -0.3 is 16.0 Å². The predicted octanol–water partition coefficient (Wildman–Crippen LogP) is 0.878. The van der Waals surface area contributed by atoms with E-state index >= 15 is 0 Å². The van der Waals surface area contributed by atoms with Gasteiger partial charge in [-0.3, -0.25) is 9.59 Å². The average molecular weight is 295 g/mol. The monoisotopic (exact) mass is 295 g/mol. The Morgan fingerprint density at radius 3 is 3.05 bits per heavy atom. The van der Waals surface area contributed by atoms with Crippen molar-refractivity contribution < 1.29 is 9.59 Å². The minimum atomic E-state index is -0.263. The molecular formula is C14H21N3O2S. The van der Waals surface area contributed by atoms with Crippen molar-refractivity contribution >= 4 is 23.2 Å². The number of amides is 2. The standard InChI is InChI=1S/C14H21N3O2S/c15-13(18)3-1-2-6-16-9-14(19)17-7-4-12-11(10-17)5-8-20-12/h5,8,16H,1-4,6-7,9-10H2,(H2,15,18). The van der Waals surface area contributed by atoms with E-state index in [2.05, 4.69) is 16.8 Å². The summed E-state index contributed by atoms with van der Waals surface area (Å²) >= 11 is 1.78. The van der Waals surface area contributed by atoms with Crippen molar-refractivity contribution in [3.8, 4) is 0 Å². The first-order chi connectivity index (χ1) is 9.66. The maximum atomic E-state index is 12.1. The van der Waals surface area contributed by atoms with Gasteiger partial charge in [-0.25, -0.2) is 0 Å². The molecule has 0 saturated carbocycles. The third-order valence-corrected chi connectivity index (χ3v) is 4.49. The molecule has 20 heavy (non-hydrogen) atoms. The Balaban J connectivity index is 1.62. The second-order valence-corrected chi connectivity index (χ2v) is 6.04. The summed E-state index contributed by atoms with van der Waals surface area (Å²) in [5, 5.41) is 5.23. The number of primary amides is 1. The minimum absolute atomic E-state index is 0.150. The first kappa shape index (κ1) is 15.0. The molecule has 5 nitrogen and oxygen atoms in total. The Labute approximate surface area is 123 Å². The lowest BCUT2D eigenvalue weighted by Gasteiger charge is -2.27. The molecule has 0 saturated heterocycles. The molecule has 2 amide bonds. The topological polar surface area (TPSA) is 75.4 Å². The van der Waals surface area contributed by atoms with E-state index in [1.807, 2.05) is 4.90 Å². The molecule has 3 N–H and O–H groups in total. The van der Waals surface area contributed by atoms with Gasteiger partial charge in [0.1, 0.15) is 0 Å². The van der Waals surface area contributed by atoms with E-state index in [0.29, 0.717) is 13.0 Å². The summed E-state index contributed by atoms with van der Waals surface area (Å²) in [5.41, 5.74) is 6.35. The van der Waals surface area contributed by atoms with Crippen LogP contribution >= 0.6 is 11.3 Å². The van der Waals surface area contributed by atoms with Crippen LogP contribution in [0.1, 0.15) is 29.7 Å². The third kappa shape index (κ3) is 4.31. The van der Waals surface area contributed by atoms with Crippen LogP contribution in [0.25, 0.3) is 0 Å². The van der Waals surface area contributed by atoms with Gasteiger partial charge in [0.05, 0.1) is 6.54 Å². The highest BCUT2D eigenvalue weighted by Crippen LogP contribution is 2.23. The summed E-state index contributed by atoms with van der Waals surface area (Å²) in [6.45, 7) is 2.67. The van der Waals surface area contributed by atoms with Gasteiger partial charge >= 0.3 is 0 Å². The quantitative estimate of drug-likeness (QED) is 0.733. The van der Waals surface area contributed by atoms with Gasteiger partial charge in [0.25, 0.3) is 0 Å². The number of nitrogens with two attached hydrogens (primary N) is 1. The van der Waals surface area contributed by atoms with Crippen LogP contribution in [-0.4, -0.2) is 36.3 Å². The fourth-order valence-corrected chi connectivity index (χ4v) is 3.21. The smallest absolute Gasteiger partial charge is 0.236 e. The average Bonchev–Trinajstić information content (AvgIpc) is 2.89. The van der Waals surface area contributed by atoms with E-state index in [-0.39, 0.29) is 11.8 Å². The molecule has 0 spiro atoms. The van der Waals surface area contributed by atoms with Crippen molar-refractivity contribution in [1.29, 1.82) is 0 Å². The summed E-state index contributed by atoms with van der Waals surface area (Å²) in [5.74, 6) is -0.113. The highest BCUT2D eigenvalue weighted by atomic mass is 32.1. The van der Waals surface area contributed by atoms with Crippen LogP contribution in [-0.2, 0) is 22.6 Å². The Bertz CT molecular complexity index is 473. The highest BCUT2D eigenvalue weighted by Gasteiger charge is 2.20. The molecule has 0 unspecified atom stereocenters. The molecule has 6 heteroatoms. The van der Waals surface area contributed by atoms with Crippen LogP contribution in [0.15, 0.2) is 11.4 Å². The Morgan fingerprint density at radius 1 is 1.40 bits per heavy atom. The molecule has 0 fully saturated rings. The van der Waals surface area contributed by atoms with E-state index < -0.39 is 0 Å². The fraction of sp³-hybridized carbons (Fsp3) is 0.571. The molecule has 1 aliphatic heterocycles. The summed E-state index contributed by atoms with van der Waals surface area (Å²) in [6.07, 6.45) is 3.03. The van der Waals surface area contributed by atoms with Gasteiger partial charge in [-0.1, -0.05) is 0 Å². The van der Waals surface area contributed by atoms with Crippen LogP contribution in [0.4, 0.5) is 0 Å². The van der Waals surface area contributed by atoms with E-state index in [4.69, 9.17) is 5.73 Å². The largest absolute Gasteiger partial charge is 0.370 e. The van der Waals surface area contributed by atoms with E-state index in [0.717, 1.165) is 38.9 Å². The molecule has 0 radical (unpaired) electrons. The molecule has 1 aromatic rings. The van der Waals surface area contributed by atoms with Crippen LogP contribution in [0.3, 0.4) is 0 Å². The molecule has 2 rings (SSSR count). The summed E-state index contributed by atoms with van der Waals surface area (Å²) in [7, 11) is 0. The van der Waals surface area contributed by atoms with Gasteiger partial charge in [0.2, 0.25) is 11.8 Å².